The van der Waals surface area contributed by atoms with E-state index in [-0.39, 0.29) is 17.6 Å². The first-order valence-electron chi connectivity index (χ1n) is 8.03. The van der Waals surface area contributed by atoms with E-state index < -0.39 is 4.92 Å². The van der Waals surface area contributed by atoms with Gasteiger partial charge in [-0.15, -0.1) is 0 Å². The Morgan fingerprint density at radius 2 is 2.08 bits per heavy atom. The molecule has 3 rings (SSSR count). The average Bonchev–Trinajstić information content (AvgIpc) is 3.19. The van der Waals surface area contributed by atoms with Crippen molar-refractivity contribution >= 4 is 46.0 Å². The first-order chi connectivity index (χ1) is 12.4. The Morgan fingerprint density at radius 1 is 1.35 bits per heavy atom. The summed E-state index contributed by atoms with van der Waals surface area (Å²) in [4.78, 5) is 25.4. The van der Waals surface area contributed by atoms with E-state index >= 15 is 0 Å². The molecule has 0 saturated carbocycles. The van der Waals surface area contributed by atoms with E-state index in [2.05, 4.69) is 0 Å². The van der Waals surface area contributed by atoms with Crippen molar-refractivity contribution in [2.45, 2.75) is 26.3 Å². The number of hydrogen-bond donors (Lipinski definition) is 0. The Hall–Kier alpha value is -2.45. The van der Waals surface area contributed by atoms with Crippen LogP contribution in [0.15, 0.2) is 45.7 Å². The van der Waals surface area contributed by atoms with Gasteiger partial charge in [0.25, 0.3) is 11.6 Å². The Bertz CT molecular complexity index is 919. The van der Waals surface area contributed by atoms with Crippen molar-refractivity contribution < 1.29 is 14.1 Å². The normalized spacial score (nSPS) is 17.2. The highest BCUT2D eigenvalue weighted by Gasteiger charge is 2.34. The topological polar surface area (TPSA) is 76.6 Å². The molecule has 0 N–H and O–H groups in total. The number of carbonyl (C=O) groups excluding carboxylic acids is 1. The van der Waals surface area contributed by atoms with Gasteiger partial charge in [0.05, 0.1) is 15.4 Å². The largest absolute Gasteiger partial charge is 0.456 e. The third-order valence-corrected chi connectivity index (χ3v) is 5.45. The predicted octanol–water partition coefficient (Wildman–Crippen LogP) is 4.85. The van der Waals surface area contributed by atoms with E-state index in [4.69, 9.17) is 16.6 Å². The Kier molecular flexibility index (Phi) is 5.24. The standard InChI is InChI=1S/C18H16N2O4S2/c1-3-11(2)19-17(21)16(26-18(19)25)10-12-8-9-15(24-12)13-6-4-5-7-14(13)20(22)23/h4-11H,3H2,1-2H3/b16-10-/t11-/m1/s1. The number of para-hydroxylation sites is 1. The molecule has 1 saturated heterocycles. The van der Waals surface area contributed by atoms with E-state index in [1.165, 1.54) is 17.8 Å². The molecule has 1 amide bonds. The third-order valence-electron chi connectivity index (χ3n) is 4.12. The summed E-state index contributed by atoms with van der Waals surface area (Å²) < 4.78 is 6.25. The van der Waals surface area contributed by atoms with Crippen molar-refractivity contribution in [2.75, 3.05) is 0 Å². The van der Waals surface area contributed by atoms with E-state index in [0.717, 1.165) is 6.42 Å². The van der Waals surface area contributed by atoms with Gasteiger partial charge in [0.15, 0.2) is 0 Å². The number of thiocarbonyl (C=S) groups is 1. The van der Waals surface area contributed by atoms with E-state index in [9.17, 15) is 14.9 Å². The van der Waals surface area contributed by atoms with Gasteiger partial charge in [-0.2, -0.15) is 0 Å². The average molecular weight is 388 g/mol. The van der Waals surface area contributed by atoms with Gasteiger partial charge in [0.2, 0.25) is 0 Å². The van der Waals surface area contributed by atoms with E-state index in [1.54, 1.807) is 41.3 Å². The minimum atomic E-state index is -0.450. The summed E-state index contributed by atoms with van der Waals surface area (Å²) in [6.07, 6.45) is 2.43. The van der Waals surface area contributed by atoms with Crippen LogP contribution < -0.4 is 0 Å². The Labute approximate surface area is 160 Å². The van der Waals surface area contributed by atoms with Crippen molar-refractivity contribution in [3.8, 4) is 11.3 Å². The zero-order chi connectivity index (χ0) is 18.8. The second-order valence-electron chi connectivity index (χ2n) is 5.79. The first kappa shape index (κ1) is 18.3. The maximum Gasteiger partial charge on any atom is 0.280 e. The van der Waals surface area contributed by atoms with Gasteiger partial charge >= 0.3 is 0 Å². The minimum Gasteiger partial charge on any atom is -0.456 e. The molecule has 26 heavy (non-hydrogen) atoms. The van der Waals surface area contributed by atoms with Gasteiger partial charge in [-0.3, -0.25) is 19.8 Å². The Balaban J connectivity index is 1.90. The molecule has 1 aromatic carbocycles. The molecule has 0 unspecified atom stereocenters. The molecule has 0 aliphatic carbocycles. The van der Waals surface area contributed by atoms with Crippen LogP contribution in [0.4, 0.5) is 5.69 Å². The number of furan rings is 1. The highest BCUT2D eigenvalue weighted by Crippen LogP contribution is 2.36. The van der Waals surface area contributed by atoms with Gasteiger partial charge in [0.1, 0.15) is 15.8 Å². The molecule has 1 atom stereocenters. The van der Waals surface area contributed by atoms with Crippen molar-refractivity contribution in [3.05, 3.63) is 57.2 Å². The van der Waals surface area contributed by atoms with Crippen molar-refractivity contribution in [1.29, 1.82) is 0 Å². The lowest BCUT2D eigenvalue weighted by molar-refractivity contribution is -0.384. The van der Waals surface area contributed by atoms with E-state index in [0.29, 0.717) is 26.3 Å². The monoisotopic (exact) mass is 388 g/mol. The fourth-order valence-electron chi connectivity index (χ4n) is 2.59. The summed E-state index contributed by atoms with van der Waals surface area (Å²) in [7, 11) is 0. The number of nitrogens with zero attached hydrogens (tertiary/aromatic N) is 2. The van der Waals surface area contributed by atoms with Crippen LogP contribution in [0.2, 0.25) is 0 Å². The van der Waals surface area contributed by atoms with E-state index in [1.807, 2.05) is 13.8 Å². The smallest absolute Gasteiger partial charge is 0.280 e. The number of hydrogen-bond acceptors (Lipinski definition) is 6. The lowest BCUT2D eigenvalue weighted by Crippen LogP contribution is -2.36. The lowest BCUT2D eigenvalue weighted by Gasteiger charge is -2.21. The summed E-state index contributed by atoms with van der Waals surface area (Å²) in [5.74, 6) is 0.682. The van der Waals surface area contributed by atoms with Crippen LogP contribution in [0.25, 0.3) is 17.4 Å². The minimum absolute atomic E-state index is 0.0310. The van der Waals surface area contributed by atoms with Crippen molar-refractivity contribution in [3.63, 3.8) is 0 Å². The highest BCUT2D eigenvalue weighted by atomic mass is 32.2. The zero-order valence-corrected chi connectivity index (χ0v) is 15.8. The highest BCUT2D eigenvalue weighted by molar-refractivity contribution is 8.26. The lowest BCUT2D eigenvalue weighted by atomic mass is 10.1. The molecule has 134 valence electrons. The summed E-state index contributed by atoms with van der Waals surface area (Å²) in [6, 6.07) is 9.74. The fourth-order valence-corrected chi connectivity index (χ4v) is 4.03. The van der Waals surface area contributed by atoms with Gasteiger partial charge in [0, 0.05) is 18.2 Å². The Morgan fingerprint density at radius 3 is 2.77 bits per heavy atom. The fraction of sp³-hybridized carbons (Fsp3) is 0.222. The number of thioether (sulfide) groups is 1. The van der Waals surface area contributed by atoms with Gasteiger partial charge in [-0.25, -0.2) is 0 Å². The number of nitro groups is 1. The molecule has 1 aliphatic rings. The molecule has 8 heteroatoms. The molecule has 0 radical (unpaired) electrons. The maximum absolute atomic E-state index is 12.6. The maximum atomic E-state index is 12.6. The molecular weight excluding hydrogens is 372 g/mol. The quantitative estimate of drug-likeness (QED) is 0.315. The van der Waals surface area contributed by atoms with Crippen LogP contribution in [0, 0.1) is 10.1 Å². The second kappa shape index (κ2) is 7.43. The SMILES string of the molecule is CC[C@@H](C)N1C(=O)/C(=C/c2ccc(-c3ccccc3[N+](=O)[O-])o2)SC1=S. The molecule has 1 aliphatic heterocycles. The molecule has 1 fully saturated rings. The van der Waals surface area contributed by atoms with Crippen LogP contribution in [0.5, 0.6) is 0 Å². The molecule has 2 heterocycles. The van der Waals surface area contributed by atoms with Gasteiger partial charge in [-0.1, -0.05) is 43.0 Å². The third kappa shape index (κ3) is 3.42. The summed E-state index contributed by atoms with van der Waals surface area (Å²) in [6.45, 7) is 3.95. The van der Waals surface area contributed by atoms with Crippen molar-refractivity contribution in [1.82, 2.24) is 4.90 Å². The number of amides is 1. The summed E-state index contributed by atoms with van der Waals surface area (Å²) in [5.41, 5.74) is 0.362. The molecule has 2 aromatic rings. The number of nitro benzene ring substituents is 1. The van der Waals surface area contributed by atoms with Crippen LogP contribution in [0.3, 0.4) is 0 Å². The van der Waals surface area contributed by atoms with Crippen LogP contribution >= 0.6 is 24.0 Å². The number of carbonyl (C=O) groups is 1. The summed E-state index contributed by atoms with van der Waals surface area (Å²) in [5, 5.41) is 11.2. The molecule has 6 nitrogen and oxygen atoms in total. The molecule has 0 spiro atoms. The summed E-state index contributed by atoms with van der Waals surface area (Å²) >= 11 is 6.54. The van der Waals surface area contributed by atoms with Crippen LogP contribution in [-0.2, 0) is 4.79 Å². The molecule has 1 aromatic heterocycles. The van der Waals surface area contributed by atoms with Crippen LogP contribution in [-0.4, -0.2) is 26.1 Å². The van der Waals surface area contributed by atoms with Gasteiger partial charge in [-0.05, 0) is 31.5 Å². The predicted molar refractivity (Wildman–Crippen MR) is 106 cm³/mol. The number of rotatable bonds is 5. The molecular formula is C18H16N2O4S2. The first-order valence-corrected chi connectivity index (χ1v) is 9.25. The van der Waals surface area contributed by atoms with Gasteiger partial charge < -0.3 is 4.42 Å². The second-order valence-corrected chi connectivity index (χ2v) is 7.46. The number of benzene rings is 1. The van der Waals surface area contributed by atoms with Crippen molar-refractivity contribution in [2.24, 2.45) is 0 Å². The van der Waals surface area contributed by atoms with Crippen LogP contribution in [0.1, 0.15) is 26.0 Å². The molecule has 0 bridgehead atoms. The zero-order valence-electron chi connectivity index (χ0n) is 14.2.